The lowest BCUT2D eigenvalue weighted by Crippen LogP contribution is -2.10. The fourth-order valence-electron chi connectivity index (χ4n) is 2.16. The summed E-state index contributed by atoms with van der Waals surface area (Å²) in [6.07, 6.45) is 0. The van der Waals surface area contributed by atoms with E-state index in [0.29, 0.717) is 17.1 Å². The molecule has 1 heterocycles. The van der Waals surface area contributed by atoms with E-state index in [4.69, 9.17) is 9.84 Å². The number of benzene rings is 2. The summed E-state index contributed by atoms with van der Waals surface area (Å²) in [5, 5.41) is 9.22. The molecule has 3 aromatic rings. The molecular weight excluding hydrogens is 284 g/mol. The standard InChI is InChI=1S/C16H12N2O4/c1-22-11-5-2-9(3-6-11)14-17-13-7-4-10(16(20)21)8-12(13)15(19)18-14/h2-8H,1H3,(H,20,21)(H,17,18,19). The first-order valence-electron chi connectivity index (χ1n) is 6.50. The second-order valence-corrected chi connectivity index (χ2v) is 4.68. The summed E-state index contributed by atoms with van der Waals surface area (Å²) in [5.74, 6) is 0.0433. The van der Waals surface area contributed by atoms with Crippen molar-refractivity contribution in [1.82, 2.24) is 9.97 Å². The summed E-state index contributed by atoms with van der Waals surface area (Å²) in [5.41, 5.74) is 0.859. The Balaban J connectivity index is 2.14. The Morgan fingerprint density at radius 2 is 1.91 bits per heavy atom. The topological polar surface area (TPSA) is 92.3 Å². The van der Waals surface area contributed by atoms with Gasteiger partial charge in [0, 0.05) is 5.56 Å². The molecule has 0 bridgehead atoms. The molecule has 0 saturated carbocycles. The van der Waals surface area contributed by atoms with Crippen LogP contribution in [0.3, 0.4) is 0 Å². The third kappa shape index (κ3) is 2.42. The van der Waals surface area contributed by atoms with Crippen molar-refractivity contribution in [2.45, 2.75) is 0 Å². The maximum atomic E-state index is 12.2. The van der Waals surface area contributed by atoms with E-state index >= 15 is 0 Å². The van der Waals surface area contributed by atoms with Crippen molar-refractivity contribution >= 4 is 16.9 Å². The van der Waals surface area contributed by atoms with E-state index in [2.05, 4.69) is 9.97 Å². The summed E-state index contributed by atoms with van der Waals surface area (Å²) in [7, 11) is 1.57. The third-order valence-electron chi connectivity index (χ3n) is 3.32. The Labute approximate surface area is 125 Å². The van der Waals surface area contributed by atoms with Crippen molar-refractivity contribution in [2.24, 2.45) is 0 Å². The van der Waals surface area contributed by atoms with Gasteiger partial charge in [0.15, 0.2) is 0 Å². The number of carboxylic acid groups (broad SMARTS) is 1. The average molecular weight is 296 g/mol. The number of carbonyl (C=O) groups is 1. The maximum absolute atomic E-state index is 12.2. The third-order valence-corrected chi connectivity index (χ3v) is 3.32. The van der Waals surface area contributed by atoms with Gasteiger partial charge in [-0.1, -0.05) is 0 Å². The molecule has 2 N–H and O–H groups in total. The average Bonchev–Trinajstić information content (AvgIpc) is 2.54. The lowest BCUT2D eigenvalue weighted by atomic mass is 10.1. The molecule has 0 radical (unpaired) electrons. The van der Waals surface area contributed by atoms with Crippen LogP contribution in [0.15, 0.2) is 47.3 Å². The molecule has 1 aromatic heterocycles. The smallest absolute Gasteiger partial charge is 0.335 e. The highest BCUT2D eigenvalue weighted by Gasteiger charge is 2.09. The molecular formula is C16H12N2O4. The molecule has 0 aliphatic heterocycles. The number of carboxylic acids is 1. The number of hydrogen-bond acceptors (Lipinski definition) is 4. The van der Waals surface area contributed by atoms with E-state index in [-0.39, 0.29) is 16.5 Å². The van der Waals surface area contributed by atoms with Gasteiger partial charge in [-0.15, -0.1) is 0 Å². The maximum Gasteiger partial charge on any atom is 0.335 e. The summed E-state index contributed by atoms with van der Waals surface area (Å²) in [6, 6.07) is 11.4. The minimum atomic E-state index is -1.08. The molecule has 0 spiro atoms. The molecule has 0 unspecified atom stereocenters. The number of rotatable bonds is 3. The van der Waals surface area contributed by atoms with Crippen LogP contribution >= 0.6 is 0 Å². The highest BCUT2D eigenvalue weighted by Crippen LogP contribution is 2.20. The summed E-state index contributed by atoms with van der Waals surface area (Å²) in [4.78, 5) is 30.2. The number of aromatic amines is 1. The predicted molar refractivity (Wildman–Crippen MR) is 81.3 cm³/mol. The van der Waals surface area contributed by atoms with Crippen molar-refractivity contribution in [3.8, 4) is 17.1 Å². The fraction of sp³-hybridized carbons (Fsp3) is 0.0625. The zero-order valence-electron chi connectivity index (χ0n) is 11.7. The van der Waals surface area contributed by atoms with Gasteiger partial charge in [-0.25, -0.2) is 9.78 Å². The summed E-state index contributed by atoms with van der Waals surface area (Å²) in [6.45, 7) is 0. The molecule has 6 heteroatoms. The predicted octanol–water partition coefficient (Wildman–Crippen LogP) is 2.30. The summed E-state index contributed by atoms with van der Waals surface area (Å²) < 4.78 is 5.09. The molecule has 0 amide bonds. The highest BCUT2D eigenvalue weighted by molar-refractivity contribution is 5.93. The molecule has 0 fully saturated rings. The monoisotopic (exact) mass is 296 g/mol. The van der Waals surface area contributed by atoms with Crippen LogP contribution in [0, 0.1) is 0 Å². The first-order chi connectivity index (χ1) is 10.6. The van der Waals surface area contributed by atoms with Crippen molar-refractivity contribution in [3.05, 3.63) is 58.4 Å². The van der Waals surface area contributed by atoms with Crippen LogP contribution in [-0.4, -0.2) is 28.2 Å². The van der Waals surface area contributed by atoms with Crippen molar-refractivity contribution in [1.29, 1.82) is 0 Å². The van der Waals surface area contributed by atoms with Crippen LogP contribution in [-0.2, 0) is 0 Å². The SMILES string of the molecule is COc1ccc(-c2nc3ccc(C(=O)O)cc3c(=O)[nH]2)cc1. The fourth-order valence-corrected chi connectivity index (χ4v) is 2.16. The van der Waals surface area contributed by atoms with Crippen molar-refractivity contribution in [3.63, 3.8) is 0 Å². The lowest BCUT2D eigenvalue weighted by Gasteiger charge is -2.05. The Kier molecular flexibility index (Phi) is 3.34. The number of H-pyrrole nitrogens is 1. The van der Waals surface area contributed by atoms with Crippen LogP contribution in [0.4, 0.5) is 0 Å². The van der Waals surface area contributed by atoms with Crippen LogP contribution in [0.1, 0.15) is 10.4 Å². The van der Waals surface area contributed by atoms with Gasteiger partial charge in [0.2, 0.25) is 0 Å². The number of aromatic carboxylic acids is 1. The highest BCUT2D eigenvalue weighted by atomic mass is 16.5. The first-order valence-corrected chi connectivity index (χ1v) is 6.50. The zero-order valence-corrected chi connectivity index (χ0v) is 11.7. The van der Waals surface area contributed by atoms with Crippen molar-refractivity contribution < 1.29 is 14.6 Å². The first kappa shape index (κ1) is 13.8. The van der Waals surface area contributed by atoms with Gasteiger partial charge in [0.05, 0.1) is 23.6 Å². The normalized spacial score (nSPS) is 10.6. The van der Waals surface area contributed by atoms with Gasteiger partial charge in [-0.05, 0) is 42.5 Å². The van der Waals surface area contributed by atoms with Gasteiger partial charge in [-0.2, -0.15) is 0 Å². The zero-order chi connectivity index (χ0) is 15.7. The van der Waals surface area contributed by atoms with Gasteiger partial charge in [0.25, 0.3) is 5.56 Å². The number of ether oxygens (including phenoxy) is 1. The number of aromatic nitrogens is 2. The molecule has 0 aliphatic rings. The second kappa shape index (κ2) is 5.33. The molecule has 0 atom stereocenters. The van der Waals surface area contributed by atoms with Gasteiger partial charge >= 0.3 is 5.97 Å². The number of nitrogens with zero attached hydrogens (tertiary/aromatic N) is 1. The second-order valence-electron chi connectivity index (χ2n) is 4.68. The molecule has 6 nitrogen and oxygen atoms in total. The number of hydrogen-bond donors (Lipinski definition) is 2. The Morgan fingerprint density at radius 3 is 2.55 bits per heavy atom. The Morgan fingerprint density at radius 1 is 1.18 bits per heavy atom. The Bertz CT molecular complexity index is 914. The molecule has 0 aliphatic carbocycles. The molecule has 3 rings (SSSR count). The van der Waals surface area contributed by atoms with E-state index in [1.165, 1.54) is 18.2 Å². The molecule has 22 heavy (non-hydrogen) atoms. The van der Waals surface area contributed by atoms with E-state index in [1.807, 2.05) is 0 Å². The lowest BCUT2D eigenvalue weighted by molar-refractivity contribution is 0.0697. The molecule has 110 valence electrons. The van der Waals surface area contributed by atoms with E-state index in [1.54, 1.807) is 31.4 Å². The summed E-state index contributed by atoms with van der Waals surface area (Å²) >= 11 is 0. The molecule has 0 saturated heterocycles. The van der Waals surface area contributed by atoms with Crippen LogP contribution < -0.4 is 10.3 Å². The molecule has 2 aromatic carbocycles. The Hall–Kier alpha value is -3.15. The minimum Gasteiger partial charge on any atom is -0.497 e. The van der Waals surface area contributed by atoms with Crippen LogP contribution in [0.5, 0.6) is 5.75 Å². The van der Waals surface area contributed by atoms with Crippen LogP contribution in [0.25, 0.3) is 22.3 Å². The number of fused-ring (bicyclic) bond motifs is 1. The van der Waals surface area contributed by atoms with Gasteiger partial charge in [0.1, 0.15) is 11.6 Å². The van der Waals surface area contributed by atoms with E-state index in [9.17, 15) is 9.59 Å². The van der Waals surface area contributed by atoms with E-state index < -0.39 is 5.97 Å². The minimum absolute atomic E-state index is 0.0528. The number of methoxy groups -OCH3 is 1. The quantitative estimate of drug-likeness (QED) is 0.773. The number of nitrogens with one attached hydrogen (secondary N) is 1. The van der Waals surface area contributed by atoms with Gasteiger partial charge in [-0.3, -0.25) is 4.79 Å². The van der Waals surface area contributed by atoms with E-state index in [0.717, 1.165) is 5.56 Å². The van der Waals surface area contributed by atoms with Crippen LogP contribution in [0.2, 0.25) is 0 Å². The van der Waals surface area contributed by atoms with Gasteiger partial charge < -0.3 is 14.8 Å². The van der Waals surface area contributed by atoms with Crippen molar-refractivity contribution in [2.75, 3.05) is 7.11 Å². The largest absolute Gasteiger partial charge is 0.497 e.